The number of carbonyl (C=O) groups is 1. The number of nitrogens with one attached hydrogen (secondary N) is 2. The molecule has 0 saturated carbocycles. The third-order valence-electron chi connectivity index (χ3n) is 2.04. The lowest BCUT2D eigenvalue weighted by atomic mass is 10.1. The summed E-state index contributed by atoms with van der Waals surface area (Å²) in [6.45, 7) is 4.78. The summed E-state index contributed by atoms with van der Waals surface area (Å²) in [5.41, 5.74) is 5.40. The normalized spacial score (nSPS) is 12.9. The van der Waals surface area contributed by atoms with Gasteiger partial charge < -0.3 is 16.4 Å². The van der Waals surface area contributed by atoms with Crippen LogP contribution in [0.3, 0.4) is 0 Å². The molecule has 0 bridgehead atoms. The van der Waals surface area contributed by atoms with Crippen LogP contribution >= 0.6 is 0 Å². The number of rotatable bonds is 7. The second-order valence-corrected chi connectivity index (χ2v) is 3.77. The standard InChI is InChI=1S/C10H23N3O/c1-8(2)13-9(10(14)12-3)6-4-5-7-11/h8-9,13H,4-7,11H2,1-3H3,(H,12,14). The lowest BCUT2D eigenvalue weighted by Crippen LogP contribution is -2.45. The van der Waals surface area contributed by atoms with Gasteiger partial charge in [0.05, 0.1) is 6.04 Å². The first kappa shape index (κ1) is 13.4. The van der Waals surface area contributed by atoms with Crippen LogP contribution in [0.2, 0.25) is 0 Å². The molecule has 4 N–H and O–H groups in total. The average molecular weight is 201 g/mol. The number of amides is 1. The van der Waals surface area contributed by atoms with Crippen LogP contribution in [0.4, 0.5) is 0 Å². The van der Waals surface area contributed by atoms with Crippen LogP contribution in [0, 0.1) is 0 Å². The maximum Gasteiger partial charge on any atom is 0.236 e. The molecule has 1 amide bonds. The number of nitrogens with two attached hydrogens (primary N) is 1. The minimum Gasteiger partial charge on any atom is -0.358 e. The largest absolute Gasteiger partial charge is 0.358 e. The molecule has 0 aromatic rings. The van der Waals surface area contributed by atoms with Crippen molar-refractivity contribution < 1.29 is 4.79 Å². The van der Waals surface area contributed by atoms with Crippen molar-refractivity contribution in [3.8, 4) is 0 Å². The Hall–Kier alpha value is -0.610. The molecule has 14 heavy (non-hydrogen) atoms. The van der Waals surface area contributed by atoms with Gasteiger partial charge in [0.25, 0.3) is 0 Å². The molecular weight excluding hydrogens is 178 g/mol. The Labute approximate surface area is 86.6 Å². The molecule has 0 spiro atoms. The highest BCUT2D eigenvalue weighted by molar-refractivity contribution is 5.81. The Bertz CT molecular complexity index is 159. The summed E-state index contributed by atoms with van der Waals surface area (Å²) >= 11 is 0. The second kappa shape index (κ2) is 7.76. The zero-order valence-electron chi connectivity index (χ0n) is 9.47. The maximum absolute atomic E-state index is 11.4. The van der Waals surface area contributed by atoms with E-state index >= 15 is 0 Å². The van der Waals surface area contributed by atoms with Crippen LogP contribution in [0.1, 0.15) is 33.1 Å². The number of hydrogen-bond donors (Lipinski definition) is 3. The van der Waals surface area contributed by atoms with E-state index in [0.29, 0.717) is 12.6 Å². The highest BCUT2D eigenvalue weighted by Gasteiger charge is 2.16. The Morgan fingerprint density at radius 1 is 1.36 bits per heavy atom. The van der Waals surface area contributed by atoms with E-state index in [1.807, 2.05) is 13.8 Å². The van der Waals surface area contributed by atoms with E-state index < -0.39 is 0 Å². The fourth-order valence-corrected chi connectivity index (χ4v) is 1.36. The molecule has 0 saturated heterocycles. The smallest absolute Gasteiger partial charge is 0.236 e. The van der Waals surface area contributed by atoms with Crippen molar-refractivity contribution in [1.82, 2.24) is 10.6 Å². The van der Waals surface area contributed by atoms with E-state index in [1.165, 1.54) is 0 Å². The highest BCUT2D eigenvalue weighted by Crippen LogP contribution is 2.01. The van der Waals surface area contributed by atoms with Gasteiger partial charge in [0.15, 0.2) is 0 Å². The van der Waals surface area contributed by atoms with Gasteiger partial charge in [-0.15, -0.1) is 0 Å². The molecule has 0 aromatic heterocycles. The van der Waals surface area contributed by atoms with Crippen molar-refractivity contribution in [2.75, 3.05) is 13.6 Å². The van der Waals surface area contributed by atoms with Crippen molar-refractivity contribution in [3.63, 3.8) is 0 Å². The Balaban J connectivity index is 3.91. The lowest BCUT2D eigenvalue weighted by Gasteiger charge is -2.19. The highest BCUT2D eigenvalue weighted by atomic mass is 16.2. The van der Waals surface area contributed by atoms with Crippen molar-refractivity contribution in [3.05, 3.63) is 0 Å². The van der Waals surface area contributed by atoms with E-state index in [1.54, 1.807) is 7.05 Å². The van der Waals surface area contributed by atoms with Crippen LogP contribution in [0.5, 0.6) is 0 Å². The van der Waals surface area contributed by atoms with Gasteiger partial charge in [-0.05, 0) is 19.4 Å². The van der Waals surface area contributed by atoms with Crippen LogP contribution in [0.15, 0.2) is 0 Å². The topological polar surface area (TPSA) is 67.2 Å². The molecule has 84 valence electrons. The average Bonchev–Trinajstić information content (AvgIpc) is 2.15. The summed E-state index contributed by atoms with van der Waals surface area (Å²) in [4.78, 5) is 11.4. The first-order valence-electron chi connectivity index (χ1n) is 5.29. The molecule has 0 radical (unpaired) electrons. The quantitative estimate of drug-likeness (QED) is 0.516. The summed E-state index contributed by atoms with van der Waals surface area (Å²) in [5.74, 6) is 0.0655. The van der Waals surface area contributed by atoms with Gasteiger partial charge in [-0.25, -0.2) is 0 Å². The number of carbonyl (C=O) groups excluding carboxylic acids is 1. The van der Waals surface area contributed by atoms with E-state index in [9.17, 15) is 4.79 Å². The molecule has 0 heterocycles. The molecule has 4 heteroatoms. The van der Waals surface area contributed by atoms with Gasteiger partial charge in [0.1, 0.15) is 0 Å². The minimum absolute atomic E-state index is 0.0655. The Kier molecular flexibility index (Phi) is 7.42. The Morgan fingerprint density at radius 3 is 2.43 bits per heavy atom. The van der Waals surface area contributed by atoms with Gasteiger partial charge in [0.2, 0.25) is 5.91 Å². The van der Waals surface area contributed by atoms with Gasteiger partial charge in [-0.2, -0.15) is 0 Å². The van der Waals surface area contributed by atoms with Gasteiger partial charge in [0, 0.05) is 13.1 Å². The first-order valence-corrected chi connectivity index (χ1v) is 5.29. The van der Waals surface area contributed by atoms with E-state index in [0.717, 1.165) is 19.3 Å². The van der Waals surface area contributed by atoms with Crippen molar-refractivity contribution in [1.29, 1.82) is 0 Å². The zero-order valence-corrected chi connectivity index (χ0v) is 9.47. The molecule has 1 atom stereocenters. The molecular formula is C10H23N3O. The summed E-state index contributed by atoms with van der Waals surface area (Å²) in [5, 5.41) is 5.90. The van der Waals surface area contributed by atoms with E-state index in [-0.39, 0.29) is 11.9 Å². The monoisotopic (exact) mass is 201 g/mol. The van der Waals surface area contributed by atoms with Crippen molar-refractivity contribution in [2.24, 2.45) is 5.73 Å². The van der Waals surface area contributed by atoms with Crippen LogP contribution in [-0.4, -0.2) is 31.6 Å². The summed E-state index contributed by atoms with van der Waals surface area (Å²) in [6, 6.07) is 0.252. The lowest BCUT2D eigenvalue weighted by molar-refractivity contribution is -0.123. The van der Waals surface area contributed by atoms with Crippen LogP contribution in [-0.2, 0) is 4.79 Å². The fraction of sp³-hybridized carbons (Fsp3) is 0.900. The predicted molar refractivity (Wildman–Crippen MR) is 59.0 cm³/mol. The fourth-order valence-electron chi connectivity index (χ4n) is 1.36. The number of unbranched alkanes of at least 4 members (excludes halogenated alkanes) is 1. The molecule has 4 nitrogen and oxygen atoms in total. The molecule has 0 aliphatic heterocycles. The molecule has 0 fully saturated rings. The summed E-state index contributed by atoms with van der Waals surface area (Å²) in [6.07, 6.45) is 2.83. The molecule has 1 unspecified atom stereocenters. The molecule has 0 aromatic carbocycles. The first-order chi connectivity index (χ1) is 6.61. The third kappa shape index (κ3) is 5.94. The predicted octanol–water partition coefficient (Wildman–Crippen LogP) is 0.228. The van der Waals surface area contributed by atoms with Crippen LogP contribution in [0.25, 0.3) is 0 Å². The van der Waals surface area contributed by atoms with Crippen LogP contribution < -0.4 is 16.4 Å². The Morgan fingerprint density at radius 2 is 2.00 bits per heavy atom. The summed E-state index contributed by atoms with van der Waals surface area (Å²) < 4.78 is 0. The van der Waals surface area contributed by atoms with Crippen molar-refractivity contribution in [2.45, 2.75) is 45.2 Å². The number of hydrogen-bond acceptors (Lipinski definition) is 3. The number of likely N-dealkylation sites (N-methyl/N-ethyl adjacent to an activating group) is 1. The SMILES string of the molecule is CNC(=O)C(CCCCN)NC(C)C. The second-order valence-electron chi connectivity index (χ2n) is 3.77. The summed E-state index contributed by atoms with van der Waals surface area (Å²) in [7, 11) is 1.67. The van der Waals surface area contributed by atoms with Crippen molar-refractivity contribution >= 4 is 5.91 Å². The molecule has 0 rings (SSSR count). The zero-order chi connectivity index (χ0) is 11.0. The molecule has 0 aliphatic rings. The maximum atomic E-state index is 11.4. The van der Waals surface area contributed by atoms with E-state index in [2.05, 4.69) is 10.6 Å². The minimum atomic E-state index is -0.0773. The van der Waals surface area contributed by atoms with Gasteiger partial charge in [-0.3, -0.25) is 4.79 Å². The third-order valence-corrected chi connectivity index (χ3v) is 2.04. The van der Waals surface area contributed by atoms with Gasteiger partial charge in [-0.1, -0.05) is 20.3 Å². The van der Waals surface area contributed by atoms with Gasteiger partial charge >= 0.3 is 0 Å². The van der Waals surface area contributed by atoms with E-state index in [4.69, 9.17) is 5.73 Å². The molecule has 0 aliphatic carbocycles.